The fraction of sp³-hybridized carbons (Fsp3) is 0.714. The Morgan fingerprint density at radius 2 is 1.70 bits per heavy atom. The van der Waals surface area contributed by atoms with Gasteiger partial charge in [0.25, 0.3) is 0 Å². The molecule has 2 nitrogen and oxygen atoms in total. The summed E-state index contributed by atoms with van der Waals surface area (Å²) in [6.45, 7) is 4.92. The first-order valence-corrected chi connectivity index (χ1v) is 12.2. The first-order valence-electron chi connectivity index (χ1n) is 12.2. The number of fused-ring (bicyclic) bond motifs is 5. The minimum absolute atomic E-state index is 0.0650. The molecule has 4 fully saturated rings. The van der Waals surface area contributed by atoms with E-state index < -0.39 is 5.79 Å². The van der Waals surface area contributed by atoms with E-state index in [1.54, 1.807) is 7.11 Å². The molecule has 1 N–H and O–H groups in total. The molecule has 0 amide bonds. The van der Waals surface area contributed by atoms with Gasteiger partial charge in [-0.05, 0) is 92.6 Å². The Bertz CT molecular complexity index is 837. The number of rotatable bonds is 1. The maximum absolute atomic E-state index is 11.2. The molecule has 162 valence electrons. The Labute approximate surface area is 182 Å². The van der Waals surface area contributed by atoms with Gasteiger partial charge < -0.3 is 9.84 Å². The van der Waals surface area contributed by atoms with Crippen LogP contribution in [0.2, 0.25) is 0 Å². The molecule has 1 aromatic carbocycles. The standard InChI is InChI=1S/C28H38O2/c1-26-16-13-21(10-9-20-7-5-4-6-8-20)19-22(26)11-12-23-24(26)14-17-27(2)25(23)15-18-28(27,29)30-3/h4-8,21-25,29H,11-19H2,1-3H3/t21?,22?,23-,24-,25+,26+,27+,28?/m1/s1. The normalized spacial score (nSPS) is 47.4. The van der Waals surface area contributed by atoms with Gasteiger partial charge in [0.05, 0.1) is 0 Å². The van der Waals surface area contributed by atoms with Crippen LogP contribution in [-0.2, 0) is 4.74 Å². The second-order valence-electron chi connectivity index (χ2n) is 11.2. The SMILES string of the molecule is COC1(O)CC[C@H]2[C@@H]3CCC4CC(C#Cc5ccccc5)CC[C@]4(C)[C@@H]3CC[C@@]21C. The van der Waals surface area contributed by atoms with Gasteiger partial charge in [0.1, 0.15) is 0 Å². The van der Waals surface area contributed by atoms with Gasteiger partial charge in [-0.3, -0.25) is 0 Å². The highest BCUT2D eigenvalue weighted by atomic mass is 16.6. The molecule has 0 aromatic heterocycles. The van der Waals surface area contributed by atoms with Crippen LogP contribution in [0.1, 0.15) is 77.2 Å². The smallest absolute Gasteiger partial charge is 0.170 e. The molecule has 4 aliphatic carbocycles. The van der Waals surface area contributed by atoms with E-state index in [9.17, 15) is 5.11 Å². The second kappa shape index (κ2) is 7.39. The summed E-state index contributed by atoms with van der Waals surface area (Å²) in [5.41, 5.74) is 1.54. The Morgan fingerprint density at radius 1 is 0.933 bits per heavy atom. The predicted molar refractivity (Wildman–Crippen MR) is 120 cm³/mol. The third kappa shape index (κ3) is 3.00. The van der Waals surface area contributed by atoms with Crippen LogP contribution in [0.3, 0.4) is 0 Å². The maximum atomic E-state index is 11.2. The summed E-state index contributed by atoms with van der Waals surface area (Å²) in [7, 11) is 1.70. The number of aliphatic hydroxyl groups is 1. The molecule has 0 saturated heterocycles. The van der Waals surface area contributed by atoms with Crippen molar-refractivity contribution in [3.63, 3.8) is 0 Å². The van der Waals surface area contributed by atoms with Crippen molar-refractivity contribution in [2.24, 2.45) is 40.4 Å². The fourth-order valence-electron chi connectivity index (χ4n) is 8.41. The van der Waals surface area contributed by atoms with Crippen molar-refractivity contribution in [3.8, 4) is 11.8 Å². The van der Waals surface area contributed by atoms with E-state index in [2.05, 4.69) is 56.0 Å². The van der Waals surface area contributed by atoms with Crippen LogP contribution in [0.15, 0.2) is 30.3 Å². The van der Waals surface area contributed by atoms with Gasteiger partial charge in [-0.2, -0.15) is 0 Å². The monoisotopic (exact) mass is 406 g/mol. The molecule has 4 saturated carbocycles. The van der Waals surface area contributed by atoms with Gasteiger partial charge in [-0.15, -0.1) is 0 Å². The van der Waals surface area contributed by atoms with Crippen molar-refractivity contribution in [1.82, 2.24) is 0 Å². The zero-order chi connectivity index (χ0) is 21.0. The molecule has 30 heavy (non-hydrogen) atoms. The first-order chi connectivity index (χ1) is 14.4. The summed E-state index contributed by atoms with van der Waals surface area (Å²) < 4.78 is 5.70. The lowest BCUT2D eigenvalue weighted by atomic mass is 9.44. The van der Waals surface area contributed by atoms with Crippen molar-refractivity contribution >= 4 is 0 Å². The highest BCUT2D eigenvalue weighted by Crippen LogP contribution is 2.68. The Morgan fingerprint density at radius 3 is 2.47 bits per heavy atom. The van der Waals surface area contributed by atoms with Gasteiger partial charge in [-0.25, -0.2) is 0 Å². The minimum atomic E-state index is -0.912. The number of hydrogen-bond acceptors (Lipinski definition) is 2. The third-order valence-electron chi connectivity index (χ3n) is 10.3. The zero-order valence-corrected chi connectivity index (χ0v) is 19.0. The summed E-state index contributed by atoms with van der Waals surface area (Å²) in [6, 6.07) is 10.4. The molecule has 0 radical (unpaired) electrons. The molecule has 2 heteroatoms. The van der Waals surface area contributed by atoms with Gasteiger partial charge in [0, 0.05) is 30.4 Å². The molecule has 3 unspecified atom stereocenters. The average Bonchev–Trinajstić information content (AvgIpc) is 3.04. The van der Waals surface area contributed by atoms with Crippen LogP contribution < -0.4 is 0 Å². The van der Waals surface area contributed by atoms with E-state index in [1.165, 1.54) is 38.5 Å². The molecule has 1 aromatic rings. The number of methoxy groups -OCH3 is 1. The van der Waals surface area contributed by atoms with Crippen molar-refractivity contribution in [2.45, 2.75) is 77.4 Å². The second-order valence-corrected chi connectivity index (χ2v) is 11.2. The lowest BCUT2D eigenvalue weighted by Gasteiger charge is -2.61. The maximum Gasteiger partial charge on any atom is 0.170 e. The summed E-state index contributed by atoms with van der Waals surface area (Å²) in [5.74, 6) is 9.72. The highest BCUT2D eigenvalue weighted by molar-refractivity contribution is 5.34. The number of ether oxygens (including phenoxy) is 1. The van der Waals surface area contributed by atoms with Crippen LogP contribution in [0.4, 0.5) is 0 Å². The summed E-state index contributed by atoms with van der Waals surface area (Å²) >= 11 is 0. The number of benzene rings is 1. The van der Waals surface area contributed by atoms with E-state index in [0.29, 0.717) is 17.3 Å². The molecule has 5 rings (SSSR count). The van der Waals surface area contributed by atoms with Gasteiger partial charge in [-0.1, -0.05) is 43.9 Å². The van der Waals surface area contributed by atoms with Crippen molar-refractivity contribution in [3.05, 3.63) is 35.9 Å². The van der Waals surface area contributed by atoms with E-state index in [4.69, 9.17) is 4.74 Å². The van der Waals surface area contributed by atoms with E-state index >= 15 is 0 Å². The molecular formula is C28H38O2. The van der Waals surface area contributed by atoms with Gasteiger partial charge >= 0.3 is 0 Å². The molecule has 0 bridgehead atoms. The molecule has 0 aliphatic heterocycles. The van der Waals surface area contributed by atoms with Crippen molar-refractivity contribution in [2.75, 3.05) is 7.11 Å². The summed E-state index contributed by atoms with van der Waals surface area (Å²) in [5, 5.41) is 11.2. The van der Waals surface area contributed by atoms with Crippen molar-refractivity contribution in [1.29, 1.82) is 0 Å². The summed E-state index contributed by atoms with van der Waals surface area (Å²) in [4.78, 5) is 0. The number of hydrogen-bond donors (Lipinski definition) is 1. The van der Waals surface area contributed by atoms with Crippen LogP contribution in [0, 0.1) is 52.3 Å². The van der Waals surface area contributed by atoms with Gasteiger partial charge in [0.15, 0.2) is 5.79 Å². The lowest BCUT2D eigenvalue weighted by Crippen LogP contribution is -2.57. The van der Waals surface area contributed by atoms with Crippen LogP contribution in [-0.4, -0.2) is 18.0 Å². The first kappa shape index (κ1) is 20.6. The van der Waals surface area contributed by atoms with Crippen molar-refractivity contribution < 1.29 is 9.84 Å². The molecule has 0 heterocycles. The molecule has 4 aliphatic rings. The summed E-state index contributed by atoms with van der Waals surface area (Å²) in [6.07, 6.45) is 10.9. The minimum Gasteiger partial charge on any atom is -0.365 e. The Balaban J connectivity index is 1.33. The van der Waals surface area contributed by atoms with E-state index in [-0.39, 0.29) is 5.41 Å². The van der Waals surface area contributed by atoms with Gasteiger partial charge in [0.2, 0.25) is 0 Å². The quantitative estimate of drug-likeness (QED) is 0.456. The largest absolute Gasteiger partial charge is 0.365 e. The highest BCUT2D eigenvalue weighted by Gasteiger charge is 2.65. The van der Waals surface area contributed by atoms with Crippen LogP contribution in [0.5, 0.6) is 0 Å². The molecule has 8 atom stereocenters. The Kier molecular flexibility index (Phi) is 5.07. The topological polar surface area (TPSA) is 29.5 Å². The van der Waals surface area contributed by atoms with E-state index in [1.807, 2.05) is 0 Å². The van der Waals surface area contributed by atoms with E-state index in [0.717, 1.165) is 42.6 Å². The average molecular weight is 407 g/mol. The fourth-order valence-corrected chi connectivity index (χ4v) is 8.41. The molecule has 0 spiro atoms. The predicted octanol–water partition coefficient (Wildman–Crippen LogP) is 6.03. The Hall–Kier alpha value is -1.30. The lowest BCUT2D eigenvalue weighted by molar-refractivity contribution is -0.266. The van der Waals surface area contributed by atoms with Crippen LogP contribution in [0.25, 0.3) is 0 Å². The van der Waals surface area contributed by atoms with Crippen LogP contribution >= 0.6 is 0 Å². The molecular weight excluding hydrogens is 368 g/mol. The zero-order valence-electron chi connectivity index (χ0n) is 19.0. The third-order valence-corrected chi connectivity index (χ3v) is 10.3.